The summed E-state index contributed by atoms with van der Waals surface area (Å²) in [5.41, 5.74) is 2.33. The van der Waals surface area contributed by atoms with E-state index in [-0.39, 0.29) is 41.3 Å². The summed E-state index contributed by atoms with van der Waals surface area (Å²) in [5, 5.41) is 10.6. The van der Waals surface area contributed by atoms with Crippen molar-refractivity contribution in [2.24, 2.45) is 0 Å². The number of hydrogen-bond donors (Lipinski definition) is 1. The Bertz CT molecular complexity index is 1280. The number of aryl methyl sites for hydroxylation is 1. The Kier molecular flexibility index (Phi) is 7.52. The zero-order chi connectivity index (χ0) is 25.3. The molecule has 186 valence electrons. The van der Waals surface area contributed by atoms with E-state index < -0.39 is 12.6 Å². The van der Waals surface area contributed by atoms with Crippen molar-refractivity contribution in [3.05, 3.63) is 63.3 Å². The fourth-order valence-corrected chi connectivity index (χ4v) is 5.33. The summed E-state index contributed by atoms with van der Waals surface area (Å²) >= 11 is 13.2. The molecule has 10 heteroatoms. The molecule has 6 nitrogen and oxygen atoms in total. The molecule has 1 unspecified atom stereocenters. The molecule has 1 aromatic heterocycles. The smallest absolute Gasteiger partial charge is 0.387 e. The van der Waals surface area contributed by atoms with Crippen LogP contribution >= 0.6 is 23.2 Å². The van der Waals surface area contributed by atoms with Crippen LogP contribution in [0.25, 0.3) is 10.9 Å². The number of likely N-dealkylation sites (tertiary alicyclic amines) is 1. The van der Waals surface area contributed by atoms with Crippen molar-refractivity contribution in [3.8, 4) is 5.75 Å². The molecule has 4 rings (SSSR count). The quantitative estimate of drug-likeness (QED) is 0.389. The average molecular weight is 525 g/mol. The Morgan fingerprint density at radius 3 is 2.69 bits per heavy atom. The predicted octanol–water partition coefficient (Wildman–Crippen LogP) is 6.38. The number of nitrogens with zero attached hydrogens (tertiary/aromatic N) is 2. The van der Waals surface area contributed by atoms with Gasteiger partial charge >= 0.3 is 12.6 Å². The van der Waals surface area contributed by atoms with Gasteiger partial charge in [-0.15, -0.1) is 0 Å². The number of hydrogen-bond acceptors (Lipinski definition) is 3. The molecule has 3 aromatic rings. The first-order chi connectivity index (χ1) is 16.7. The van der Waals surface area contributed by atoms with E-state index >= 15 is 0 Å². The van der Waals surface area contributed by atoms with Crippen LogP contribution < -0.4 is 4.74 Å². The second kappa shape index (κ2) is 10.4. The summed E-state index contributed by atoms with van der Waals surface area (Å²) in [5.74, 6) is -1.19. The van der Waals surface area contributed by atoms with Crippen LogP contribution in [0.1, 0.15) is 47.2 Å². The zero-order valence-electron chi connectivity index (χ0n) is 18.9. The van der Waals surface area contributed by atoms with E-state index in [4.69, 9.17) is 23.2 Å². The fraction of sp³-hybridized carbons (Fsp3) is 0.360. The number of carbonyl (C=O) groups is 2. The van der Waals surface area contributed by atoms with Gasteiger partial charge in [0, 0.05) is 34.8 Å². The molecule has 1 atom stereocenters. The van der Waals surface area contributed by atoms with Gasteiger partial charge in [-0.05, 0) is 62.1 Å². The third kappa shape index (κ3) is 5.38. The van der Waals surface area contributed by atoms with Gasteiger partial charge in [0.1, 0.15) is 5.75 Å². The molecule has 2 aromatic carbocycles. The molecular weight excluding hydrogens is 501 g/mol. The van der Waals surface area contributed by atoms with Gasteiger partial charge in [0.25, 0.3) is 5.91 Å². The summed E-state index contributed by atoms with van der Waals surface area (Å²) in [6.07, 6.45) is 3.97. The van der Waals surface area contributed by atoms with E-state index in [1.807, 2.05) is 4.57 Å². The standard InChI is InChI=1S/C25H24Cl2F2N2O4/c1-14-10-17(35-25(28)29)11-15-7-9-30(23(14)15)13-19-20(26)6-5-18(22(19)27)24(34)31-8-3-2-4-16(31)12-21(32)33/h5-7,9-11,16,25H,2-4,8,12-13H2,1H3,(H,32,33). The third-order valence-electron chi connectivity index (χ3n) is 6.29. The molecule has 0 bridgehead atoms. The Morgan fingerprint density at radius 1 is 1.20 bits per heavy atom. The van der Waals surface area contributed by atoms with Crippen molar-refractivity contribution in [1.82, 2.24) is 9.47 Å². The summed E-state index contributed by atoms with van der Waals surface area (Å²) in [6.45, 7) is -0.409. The average Bonchev–Trinajstić information content (AvgIpc) is 3.19. The van der Waals surface area contributed by atoms with Crippen molar-refractivity contribution in [2.45, 2.75) is 51.8 Å². The van der Waals surface area contributed by atoms with Crippen LogP contribution in [0.5, 0.6) is 5.75 Å². The number of fused-ring (bicyclic) bond motifs is 1. The number of aliphatic carboxylic acids is 1. The van der Waals surface area contributed by atoms with Crippen LogP contribution in [0.2, 0.25) is 10.0 Å². The number of piperidine rings is 1. The van der Waals surface area contributed by atoms with E-state index in [9.17, 15) is 23.5 Å². The van der Waals surface area contributed by atoms with Crippen LogP contribution in [0.3, 0.4) is 0 Å². The van der Waals surface area contributed by atoms with E-state index in [0.717, 1.165) is 23.9 Å². The first-order valence-electron chi connectivity index (χ1n) is 11.2. The molecule has 2 heterocycles. The highest BCUT2D eigenvalue weighted by Crippen LogP contribution is 2.34. The van der Waals surface area contributed by atoms with E-state index in [2.05, 4.69) is 4.74 Å². The zero-order valence-corrected chi connectivity index (χ0v) is 20.5. The highest BCUT2D eigenvalue weighted by molar-refractivity contribution is 6.38. The minimum atomic E-state index is -2.91. The van der Waals surface area contributed by atoms with Crippen molar-refractivity contribution in [1.29, 1.82) is 0 Å². The summed E-state index contributed by atoms with van der Waals surface area (Å²) in [7, 11) is 0. The lowest BCUT2D eigenvalue weighted by molar-refractivity contribution is -0.138. The summed E-state index contributed by atoms with van der Waals surface area (Å²) in [4.78, 5) is 26.3. The number of alkyl halides is 2. The Labute approximate surface area is 211 Å². The molecule has 1 aliphatic heterocycles. The maximum Gasteiger partial charge on any atom is 0.387 e. The van der Waals surface area contributed by atoms with Crippen LogP contribution in [0.4, 0.5) is 8.78 Å². The van der Waals surface area contributed by atoms with Crippen LogP contribution in [-0.2, 0) is 11.3 Å². The number of carboxylic acid groups (broad SMARTS) is 1. The highest BCUT2D eigenvalue weighted by Gasteiger charge is 2.31. The topological polar surface area (TPSA) is 71.8 Å². The molecule has 1 N–H and O–H groups in total. The van der Waals surface area contributed by atoms with E-state index in [0.29, 0.717) is 28.9 Å². The van der Waals surface area contributed by atoms with Crippen LogP contribution in [0, 0.1) is 6.92 Å². The van der Waals surface area contributed by atoms with Gasteiger partial charge < -0.3 is 19.3 Å². The first-order valence-corrected chi connectivity index (χ1v) is 11.9. The second-order valence-corrected chi connectivity index (χ2v) is 9.42. The SMILES string of the molecule is Cc1cc(OC(F)F)cc2ccn(Cc3c(Cl)ccc(C(=O)N4CCCCC4CC(=O)O)c3Cl)c12. The van der Waals surface area contributed by atoms with Gasteiger partial charge in [-0.3, -0.25) is 9.59 Å². The molecule has 0 radical (unpaired) electrons. The van der Waals surface area contributed by atoms with Gasteiger partial charge in [0.05, 0.1) is 29.1 Å². The van der Waals surface area contributed by atoms with Gasteiger partial charge in [0.2, 0.25) is 0 Å². The number of ether oxygens (including phenoxy) is 1. The lowest BCUT2D eigenvalue weighted by atomic mass is 9.97. The number of halogens is 4. The van der Waals surface area contributed by atoms with Gasteiger partial charge in [-0.25, -0.2) is 0 Å². The Balaban J connectivity index is 1.66. The second-order valence-electron chi connectivity index (χ2n) is 8.63. The number of carbonyl (C=O) groups excluding carboxylic acids is 1. The molecule has 35 heavy (non-hydrogen) atoms. The van der Waals surface area contributed by atoms with Gasteiger partial charge in [0.15, 0.2) is 0 Å². The summed E-state index contributed by atoms with van der Waals surface area (Å²) in [6, 6.07) is 7.64. The minimum absolute atomic E-state index is 0.0730. The maximum atomic E-state index is 13.4. The molecule has 1 aliphatic rings. The monoisotopic (exact) mass is 524 g/mol. The molecule has 1 fully saturated rings. The molecule has 0 saturated carbocycles. The molecule has 0 aliphatic carbocycles. The fourth-order valence-electron chi connectivity index (χ4n) is 4.75. The molecule has 1 amide bonds. The van der Waals surface area contributed by atoms with Crippen molar-refractivity contribution >= 4 is 46.0 Å². The Morgan fingerprint density at radius 2 is 1.97 bits per heavy atom. The van der Waals surface area contributed by atoms with Gasteiger partial charge in [-0.1, -0.05) is 23.2 Å². The number of carboxylic acids is 1. The molecule has 0 spiro atoms. The lowest BCUT2D eigenvalue weighted by Crippen LogP contribution is -2.44. The normalized spacial score (nSPS) is 16.2. The third-order valence-corrected chi connectivity index (χ3v) is 7.08. The van der Waals surface area contributed by atoms with Crippen molar-refractivity contribution in [2.75, 3.05) is 6.54 Å². The highest BCUT2D eigenvalue weighted by atomic mass is 35.5. The molecule has 1 saturated heterocycles. The summed E-state index contributed by atoms with van der Waals surface area (Å²) < 4.78 is 31.7. The number of aromatic nitrogens is 1. The van der Waals surface area contributed by atoms with Gasteiger partial charge in [-0.2, -0.15) is 8.78 Å². The van der Waals surface area contributed by atoms with Crippen LogP contribution in [-0.4, -0.2) is 45.6 Å². The largest absolute Gasteiger partial charge is 0.481 e. The van der Waals surface area contributed by atoms with Crippen molar-refractivity contribution in [3.63, 3.8) is 0 Å². The first kappa shape index (κ1) is 25.3. The molecular formula is C25H24Cl2F2N2O4. The predicted molar refractivity (Wildman–Crippen MR) is 130 cm³/mol. The van der Waals surface area contributed by atoms with Crippen molar-refractivity contribution < 1.29 is 28.2 Å². The maximum absolute atomic E-state index is 13.4. The lowest BCUT2D eigenvalue weighted by Gasteiger charge is -2.35. The minimum Gasteiger partial charge on any atom is -0.481 e. The van der Waals surface area contributed by atoms with E-state index in [1.165, 1.54) is 12.1 Å². The Hall–Kier alpha value is -2.84. The number of rotatable bonds is 7. The number of benzene rings is 2. The van der Waals surface area contributed by atoms with E-state index in [1.54, 1.807) is 36.2 Å². The number of amides is 1. The van der Waals surface area contributed by atoms with Crippen LogP contribution in [0.15, 0.2) is 36.5 Å².